The molecule has 1 heterocycles. The van der Waals surface area contributed by atoms with Crippen molar-refractivity contribution in [1.82, 2.24) is 4.90 Å². The maximum Gasteiger partial charge on any atom is 0.410 e. The lowest BCUT2D eigenvalue weighted by molar-refractivity contribution is 0.00921. The van der Waals surface area contributed by atoms with Gasteiger partial charge in [-0.25, -0.2) is 4.79 Å². The summed E-state index contributed by atoms with van der Waals surface area (Å²) >= 11 is 3.30. The topological polar surface area (TPSA) is 29.5 Å². The maximum absolute atomic E-state index is 12.0. The van der Waals surface area contributed by atoms with Crippen molar-refractivity contribution in [3.8, 4) is 0 Å². The molecule has 0 aromatic carbocycles. The Bertz CT molecular complexity index is 296. The molecule has 0 bridgehead atoms. The zero-order valence-electron chi connectivity index (χ0n) is 11.1. The number of hydrogen-bond donors (Lipinski definition) is 0. The second kappa shape index (κ2) is 5.89. The van der Waals surface area contributed by atoms with Crippen molar-refractivity contribution in [1.29, 1.82) is 0 Å². The van der Waals surface area contributed by atoms with Crippen molar-refractivity contribution in [2.45, 2.75) is 52.2 Å². The molecule has 0 radical (unpaired) electrons. The lowest BCUT2D eigenvalue weighted by Crippen LogP contribution is -2.46. The van der Waals surface area contributed by atoms with Crippen LogP contribution >= 0.6 is 15.9 Å². The summed E-state index contributed by atoms with van der Waals surface area (Å²) in [6.45, 7) is 8.55. The second-order valence-electron chi connectivity index (χ2n) is 5.63. The lowest BCUT2D eigenvalue weighted by Gasteiger charge is -2.37. The van der Waals surface area contributed by atoms with Crippen molar-refractivity contribution in [2.24, 2.45) is 5.92 Å². The van der Waals surface area contributed by atoms with Gasteiger partial charge in [-0.05, 0) is 51.4 Å². The number of amides is 1. The molecule has 98 valence electrons. The number of allylic oxidation sites excluding steroid dienone is 1. The number of carbonyl (C=O) groups is 1. The van der Waals surface area contributed by atoms with Crippen LogP contribution in [0.3, 0.4) is 0 Å². The van der Waals surface area contributed by atoms with Crippen molar-refractivity contribution in [3.05, 3.63) is 11.1 Å². The van der Waals surface area contributed by atoms with E-state index in [1.807, 2.05) is 30.7 Å². The van der Waals surface area contributed by atoms with Crippen molar-refractivity contribution < 1.29 is 9.53 Å². The normalized spacial score (nSPS) is 26.3. The van der Waals surface area contributed by atoms with Crippen molar-refractivity contribution in [3.63, 3.8) is 0 Å². The molecule has 3 nitrogen and oxygen atoms in total. The van der Waals surface area contributed by atoms with Crippen molar-refractivity contribution >= 4 is 22.0 Å². The van der Waals surface area contributed by atoms with E-state index >= 15 is 0 Å². The summed E-state index contributed by atoms with van der Waals surface area (Å²) in [4.78, 5) is 15.7. The van der Waals surface area contributed by atoms with Crippen LogP contribution in [0.1, 0.15) is 40.5 Å². The molecule has 0 aromatic rings. The minimum absolute atomic E-state index is 0.189. The third-order valence-corrected chi connectivity index (χ3v) is 3.19. The Morgan fingerprint density at radius 2 is 2.12 bits per heavy atom. The third kappa shape index (κ3) is 4.70. The second-order valence-corrected chi connectivity index (χ2v) is 6.15. The van der Waals surface area contributed by atoms with E-state index in [1.165, 1.54) is 0 Å². The van der Waals surface area contributed by atoms with E-state index in [2.05, 4.69) is 28.9 Å². The Morgan fingerprint density at radius 3 is 2.59 bits per heavy atom. The van der Waals surface area contributed by atoms with E-state index in [0.717, 1.165) is 19.4 Å². The number of carbonyl (C=O) groups excluding carboxylic acids is 1. The Labute approximate surface area is 112 Å². The Hall–Kier alpha value is -0.510. The fourth-order valence-corrected chi connectivity index (χ4v) is 2.51. The summed E-state index contributed by atoms with van der Waals surface area (Å²) < 4.78 is 5.40. The minimum Gasteiger partial charge on any atom is -0.444 e. The number of halogens is 1. The van der Waals surface area contributed by atoms with E-state index in [-0.39, 0.29) is 12.1 Å². The predicted molar refractivity (Wildman–Crippen MR) is 73.2 cm³/mol. The molecule has 0 spiro atoms. The zero-order chi connectivity index (χ0) is 13.1. The van der Waals surface area contributed by atoms with E-state index < -0.39 is 5.60 Å². The van der Waals surface area contributed by atoms with Gasteiger partial charge in [-0.2, -0.15) is 0 Å². The monoisotopic (exact) mass is 303 g/mol. The summed E-state index contributed by atoms with van der Waals surface area (Å²) in [6, 6.07) is 0.243. The standard InChI is InChI=1S/C13H22BrNO2/c1-10-9-11(5-7-14)6-8-15(10)12(16)17-13(2,3)4/h5,7,10-11H,6,8-9H2,1-4H3/b7-5+. The molecule has 17 heavy (non-hydrogen) atoms. The number of piperidine rings is 1. The quantitative estimate of drug-likeness (QED) is 0.734. The highest BCUT2D eigenvalue weighted by atomic mass is 79.9. The average Bonchev–Trinajstić information content (AvgIpc) is 2.15. The lowest BCUT2D eigenvalue weighted by atomic mass is 9.92. The highest BCUT2D eigenvalue weighted by Gasteiger charge is 2.30. The molecule has 0 N–H and O–H groups in total. The molecule has 4 heteroatoms. The van der Waals surface area contributed by atoms with Crippen LogP contribution in [0.15, 0.2) is 11.1 Å². The van der Waals surface area contributed by atoms with Gasteiger partial charge in [0.05, 0.1) is 0 Å². The van der Waals surface area contributed by atoms with Crippen LogP contribution in [0.4, 0.5) is 4.79 Å². The number of hydrogen-bond acceptors (Lipinski definition) is 2. The molecule has 1 fully saturated rings. The molecule has 1 aliphatic heterocycles. The van der Waals surface area contributed by atoms with Crippen LogP contribution in [0, 0.1) is 5.92 Å². The largest absolute Gasteiger partial charge is 0.444 e. The van der Waals surface area contributed by atoms with Crippen LogP contribution in [0.2, 0.25) is 0 Å². The highest BCUT2D eigenvalue weighted by molar-refractivity contribution is 9.11. The first-order chi connectivity index (χ1) is 7.83. The van der Waals surface area contributed by atoms with E-state index in [4.69, 9.17) is 4.74 Å². The van der Waals surface area contributed by atoms with Gasteiger partial charge in [-0.1, -0.05) is 22.0 Å². The summed E-state index contributed by atoms with van der Waals surface area (Å²) in [7, 11) is 0. The Balaban J connectivity index is 2.54. The van der Waals surface area contributed by atoms with Gasteiger partial charge in [0.2, 0.25) is 0 Å². The number of ether oxygens (including phenoxy) is 1. The molecule has 0 aromatic heterocycles. The molecule has 2 unspecified atom stereocenters. The zero-order valence-corrected chi connectivity index (χ0v) is 12.7. The fourth-order valence-electron chi connectivity index (χ4n) is 2.08. The average molecular weight is 304 g/mol. The summed E-state index contributed by atoms with van der Waals surface area (Å²) in [5.74, 6) is 0.558. The Kier molecular flexibility index (Phi) is 5.04. The number of likely N-dealkylation sites (tertiary alicyclic amines) is 1. The van der Waals surface area contributed by atoms with Gasteiger partial charge in [-0.3, -0.25) is 0 Å². The first kappa shape index (κ1) is 14.6. The first-order valence-electron chi connectivity index (χ1n) is 6.10. The molecule has 0 saturated carbocycles. The molecule has 0 aliphatic carbocycles. The fraction of sp³-hybridized carbons (Fsp3) is 0.769. The molecular weight excluding hydrogens is 282 g/mol. The smallest absolute Gasteiger partial charge is 0.410 e. The molecule has 1 saturated heterocycles. The predicted octanol–water partition coefficient (Wildman–Crippen LogP) is 3.93. The van der Waals surface area contributed by atoms with Gasteiger partial charge < -0.3 is 9.64 Å². The summed E-state index contributed by atoms with van der Waals surface area (Å²) in [6.07, 6.45) is 3.97. The van der Waals surface area contributed by atoms with Crippen LogP contribution < -0.4 is 0 Å². The molecule has 1 aliphatic rings. The van der Waals surface area contributed by atoms with E-state index in [0.29, 0.717) is 5.92 Å². The minimum atomic E-state index is -0.413. The third-order valence-electron chi connectivity index (χ3n) is 2.89. The van der Waals surface area contributed by atoms with Gasteiger partial charge >= 0.3 is 6.09 Å². The van der Waals surface area contributed by atoms with Crippen molar-refractivity contribution in [2.75, 3.05) is 6.54 Å². The summed E-state index contributed by atoms with van der Waals surface area (Å²) in [5.41, 5.74) is -0.413. The van der Waals surface area contributed by atoms with Crippen LogP contribution in [-0.2, 0) is 4.74 Å². The van der Waals surface area contributed by atoms with E-state index in [1.54, 1.807) is 0 Å². The van der Waals surface area contributed by atoms with Crippen LogP contribution in [-0.4, -0.2) is 29.2 Å². The first-order valence-corrected chi connectivity index (χ1v) is 7.01. The number of nitrogens with zero attached hydrogens (tertiary/aromatic N) is 1. The van der Waals surface area contributed by atoms with Crippen LogP contribution in [0.25, 0.3) is 0 Å². The van der Waals surface area contributed by atoms with E-state index in [9.17, 15) is 4.79 Å². The molecule has 1 amide bonds. The van der Waals surface area contributed by atoms with Gasteiger partial charge in [-0.15, -0.1) is 0 Å². The molecule has 2 atom stereocenters. The SMILES string of the molecule is CC1CC(/C=C/Br)CCN1C(=O)OC(C)(C)C. The highest BCUT2D eigenvalue weighted by Crippen LogP contribution is 2.25. The van der Waals surface area contributed by atoms with Gasteiger partial charge in [0.15, 0.2) is 0 Å². The van der Waals surface area contributed by atoms with Gasteiger partial charge in [0.25, 0.3) is 0 Å². The summed E-state index contributed by atoms with van der Waals surface area (Å²) in [5, 5.41) is 0. The molecule has 1 rings (SSSR count). The van der Waals surface area contributed by atoms with Gasteiger partial charge in [0.1, 0.15) is 5.60 Å². The maximum atomic E-state index is 12.0. The number of rotatable bonds is 1. The van der Waals surface area contributed by atoms with Gasteiger partial charge in [0, 0.05) is 12.6 Å². The Morgan fingerprint density at radius 1 is 1.47 bits per heavy atom. The van der Waals surface area contributed by atoms with Crippen LogP contribution in [0.5, 0.6) is 0 Å². The molecular formula is C13H22BrNO2.